The monoisotopic (exact) mass is 354 g/mol. The number of methoxy groups -OCH3 is 1. The number of carbonyl (C=O) groups is 3. The number of carbonyl (C=O) groups excluding carboxylic acids is 3. The summed E-state index contributed by atoms with van der Waals surface area (Å²) in [4.78, 5) is 40.2. The third-order valence-corrected chi connectivity index (χ3v) is 4.89. The van der Waals surface area contributed by atoms with E-state index in [0.29, 0.717) is 32.4 Å². The fourth-order valence-electron chi connectivity index (χ4n) is 3.80. The minimum absolute atomic E-state index is 0.0146. The third-order valence-electron chi connectivity index (χ3n) is 4.89. The predicted octanol–water partition coefficient (Wildman–Crippen LogP) is 2.19. The molecule has 2 saturated heterocycles. The van der Waals surface area contributed by atoms with Crippen molar-refractivity contribution in [2.75, 3.05) is 20.2 Å². The van der Waals surface area contributed by atoms with E-state index in [-0.39, 0.29) is 29.4 Å². The minimum atomic E-state index is -0.543. The average Bonchev–Trinajstić information content (AvgIpc) is 2.85. The molecule has 2 aliphatic heterocycles. The van der Waals surface area contributed by atoms with Crippen molar-refractivity contribution in [3.63, 3.8) is 0 Å². The van der Waals surface area contributed by atoms with Gasteiger partial charge in [-0.1, -0.05) is 13.8 Å². The molecule has 2 heterocycles. The lowest BCUT2D eigenvalue weighted by atomic mass is 9.78. The Bertz CT molecular complexity index is 552. The molecule has 7 heteroatoms. The van der Waals surface area contributed by atoms with Crippen LogP contribution in [0.15, 0.2) is 0 Å². The topological polar surface area (TPSA) is 76.2 Å². The van der Waals surface area contributed by atoms with Crippen LogP contribution in [0.1, 0.15) is 53.9 Å². The zero-order valence-electron chi connectivity index (χ0n) is 16.1. The minimum Gasteiger partial charge on any atom is -0.467 e. The molecular weight excluding hydrogens is 324 g/mol. The Balaban J connectivity index is 2.13. The highest BCUT2D eigenvalue weighted by Crippen LogP contribution is 2.38. The Morgan fingerprint density at radius 3 is 2.36 bits per heavy atom. The van der Waals surface area contributed by atoms with Crippen molar-refractivity contribution in [2.45, 2.75) is 71.6 Å². The first-order chi connectivity index (χ1) is 11.5. The van der Waals surface area contributed by atoms with E-state index in [4.69, 9.17) is 9.47 Å². The molecule has 2 fully saturated rings. The van der Waals surface area contributed by atoms with E-state index in [9.17, 15) is 14.4 Å². The maximum Gasteiger partial charge on any atom is 0.410 e. The molecule has 2 unspecified atom stereocenters. The van der Waals surface area contributed by atoms with Crippen molar-refractivity contribution < 1.29 is 23.9 Å². The first-order valence-corrected chi connectivity index (χ1v) is 8.83. The van der Waals surface area contributed by atoms with Gasteiger partial charge in [-0.2, -0.15) is 0 Å². The molecule has 0 aliphatic carbocycles. The van der Waals surface area contributed by atoms with Gasteiger partial charge in [0.25, 0.3) is 0 Å². The standard InChI is InChI=1S/C18H30N2O5/c1-17(2,3)25-16(23)19-10-9-13(18(4,5)11-19)20-12(15(22)24-6)7-8-14(20)21/h12-13H,7-11H2,1-6H3. The Labute approximate surface area is 149 Å². The number of nitrogens with zero attached hydrogens (tertiary/aromatic N) is 2. The maximum atomic E-state index is 12.4. The van der Waals surface area contributed by atoms with Gasteiger partial charge in [-0.25, -0.2) is 9.59 Å². The number of rotatable bonds is 2. The van der Waals surface area contributed by atoms with Gasteiger partial charge in [0.05, 0.1) is 7.11 Å². The Morgan fingerprint density at radius 2 is 1.84 bits per heavy atom. The largest absolute Gasteiger partial charge is 0.467 e. The molecule has 142 valence electrons. The van der Waals surface area contributed by atoms with Crippen LogP contribution >= 0.6 is 0 Å². The summed E-state index contributed by atoms with van der Waals surface area (Å²) in [6, 6.07) is -0.625. The van der Waals surface area contributed by atoms with Gasteiger partial charge in [-0.15, -0.1) is 0 Å². The molecule has 2 rings (SSSR count). The zero-order chi connectivity index (χ0) is 19.0. The molecular formula is C18H30N2O5. The van der Waals surface area contributed by atoms with Crippen LogP contribution < -0.4 is 0 Å². The Hall–Kier alpha value is -1.79. The smallest absolute Gasteiger partial charge is 0.410 e. The van der Waals surface area contributed by atoms with Crippen LogP contribution in [0, 0.1) is 5.41 Å². The van der Waals surface area contributed by atoms with Gasteiger partial charge in [-0.05, 0) is 33.6 Å². The van der Waals surface area contributed by atoms with Gasteiger partial charge in [0, 0.05) is 31.0 Å². The second-order valence-corrected chi connectivity index (χ2v) is 8.57. The van der Waals surface area contributed by atoms with Crippen LogP contribution in [0.3, 0.4) is 0 Å². The summed E-state index contributed by atoms with van der Waals surface area (Å²) >= 11 is 0. The molecule has 0 aromatic heterocycles. The fraction of sp³-hybridized carbons (Fsp3) is 0.833. The lowest BCUT2D eigenvalue weighted by Crippen LogP contribution is -2.60. The molecule has 0 spiro atoms. The van der Waals surface area contributed by atoms with E-state index in [1.165, 1.54) is 7.11 Å². The lowest BCUT2D eigenvalue weighted by Gasteiger charge is -2.48. The summed E-state index contributed by atoms with van der Waals surface area (Å²) in [7, 11) is 1.35. The molecule has 0 radical (unpaired) electrons. The number of ether oxygens (including phenoxy) is 2. The summed E-state index contributed by atoms with van der Waals surface area (Å²) in [6.45, 7) is 10.5. The summed E-state index contributed by atoms with van der Waals surface area (Å²) < 4.78 is 10.3. The zero-order valence-corrected chi connectivity index (χ0v) is 16.1. The molecule has 0 aromatic carbocycles. The molecule has 2 atom stereocenters. The number of hydrogen-bond acceptors (Lipinski definition) is 5. The van der Waals surface area contributed by atoms with Crippen molar-refractivity contribution in [1.29, 1.82) is 0 Å². The van der Waals surface area contributed by atoms with Crippen LogP contribution in [-0.4, -0.2) is 65.7 Å². The average molecular weight is 354 g/mol. The SMILES string of the molecule is COC(=O)C1CCC(=O)N1C1CCN(C(=O)OC(C)(C)C)CC1(C)C. The van der Waals surface area contributed by atoms with Crippen LogP contribution in [0.5, 0.6) is 0 Å². The van der Waals surface area contributed by atoms with E-state index < -0.39 is 11.6 Å². The number of esters is 1. The molecule has 0 aromatic rings. The van der Waals surface area contributed by atoms with Crippen LogP contribution in [-0.2, 0) is 19.1 Å². The summed E-state index contributed by atoms with van der Waals surface area (Å²) in [5, 5.41) is 0. The number of amides is 2. The predicted molar refractivity (Wildman–Crippen MR) is 91.9 cm³/mol. The summed E-state index contributed by atoms with van der Waals surface area (Å²) in [5.41, 5.74) is -0.888. The number of piperidine rings is 1. The van der Waals surface area contributed by atoms with E-state index in [0.717, 1.165) is 0 Å². The summed E-state index contributed by atoms with van der Waals surface area (Å²) in [6.07, 6.45) is 1.14. The molecule has 0 bridgehead atoms. The second-order valence-electron chi connectivity index (χ2n) is 8.57. The molecule has 7 nitrogen and oxygen atoms in total. The third kappa shape index (κ3) is 4.25. The highest BCUT2D eigenvalue weighted by Gasteiger charge is 2.49. The van der Waals surface area contributed by atoms with Crippen LogP contribution in [0.4, 0.5) is 4.79 Å². The highest BCUT2D eigenvalue weighted by atomic mass is 16.6. The van der Waals surface area contributed by atoms with Gasteiger partial charge >= 0.3 is 12.1 Å². The van der Waals surface area contributed by atoms with Gasteiger partial charge in [0.2, 0.25) is 5.91 Å². The highest BCUT2D eigenvalue weighted by molar-refractivity contribution is 5.88. The van der Waals surface area contributed by atoms with E-state index in [1.54, 1.807) is 9.80 Å². The first-order valence-electron chi connectivity index (χ1n) is 8.83. The van der Waals surface area contributed by atoms with Gasteiger partial charge in [-0.3, -0.25) is 4.79 Å². The van der Waals surface area contributed by atoms with Crippen LogP contribution in [0.25, 0.3) is 0 Å². The van der Waals surface area contributed by atoms with Crippen molar-refractivity contribution >= 4 is 18.0 Å². The van der Waals surface area contributed by atoms with Crippen molar-refractivity contribution in [1.82, 2.24) is 9.80 Å². The van der Waals surface area contributed by atoms with E-state index in [1.807, 2.05) is 34.6 Å². The number of hydrogen-bond donors (Lipinski definition) is 0. The molecule has 25 heavy (non-hydrogen) atoms. The van der Waals surface area contributed by atoms with Crippen molar-refractivity contribution in [2.24, 2.45) is 5.41 Å². The maximum absolute atomic E-state index is 12.4. The van der Waals surface area contributed by atoms with Crippen LogP contribution in [0.2, 0.25) is 0 Å². The molecule has 2 aliphatic rings. The molecule has 0 N–H and O–H groups in total. The Morgan fingerprint density at radius 1 is 1.20 bits per heavy atom. The molecule has 2 amide bonds. The normalized spacial score (nSPS) is 26.6. The van der Waals surface area contributed by atoms with Crippen molar-refractivity contribution in [3.8, 4) is 0 Å². The Kier molecular flexibility index (Phi) is 5.35. The quantitative estimate of drug-likeness (QED) is 0.711. The second kappa shape index (κ2) is 6.84. The van der Waals surface area contributed by atoms with E-state index >= 15 is 0 Å². The van der Waals surface area contributed by atoms with Gasteiger partial charge in [0.15, 0.2) is 0 Å². The fourth-order valence-corrected chi connectivity index (χ4v) is 3.80. The van der Waals surface area contributed by atoms with Gasteiger partial charge < -0.3 is 19.3 Å². The number of likely N-dealkylation sites (tertiary alicyclic amines) is 2. The van der Waals surface area contributed by atoms with Gasteiger partial charge in [0.1, 0.15) is 11.6 Å². The van der Waals surface area contributed by atoms with E-state index in [2.05, 4.69) is 0 Å². The lowest BCUT2D eigenvalue weighted by molar-refractivity contribution is -0.154. The summed E-state index contributed by atoms with van der Waals surface area (Å²) in [5.74, 6) is -0.379. The van der Waals surface area contributed by atoms with Crippen molar-refractivity contribution in [3.05, 3.63) is 0 Å². The molecule has 0 saturated carbocycles. The first kappa shape index (κ1) is 19.5.